The van der Waals surface area contributed by atoms with Crippen LogP contribution in [0.3, 0.4) is 0 Å². The lowest BCUT2D eigenvalue weighted by Crippen LogP contribution is -2.20. The van der Waals surface area contributed by atoms with Crippen LogP contribution >= 0.6 is 0 Å². The highest BCUT2D eigenvalue weighted by Crippen LogP contribution is 2.21. The Hall–Kier alpha value is -2.08. The summed E-state index contributed by atoms with van der Waals surface area (Å²) in [4.78, 5) is 11.7. The van der Waals surface area contributed by atoms with Crippen molar-refractivity contribution in [2.75, 3.05) is 14.2 Å². The Bertz CT molecular complexity index is 559. The normalized spacial score (nSPS) is 10.5. The molecule has 0 radical (unpaired) electrons. The number of aromatic nitrogens is 3. The second-order valence-electron chi connectivity index (χ2n) is 3.48. The first-order valence-corrected chi connectivity index (χ1v) is 5.22. The predicted octanol–water partition coefficient (Wildman–Crippen LogP) is 0.289. The van der Waals surface area contributed by atoms with Crippen molar-refractivity contribution in [3.63, 3.8) is 0 Å². The first kappa shape index (κ1) is 11.4. The second kappa shape index (κ2) is 4.84. The van der Waals surface area contributed by atoms with E-state index in [1.807, 2.05) is 18.2 Å². The number of benzene rings is 1. The minimum absolute atomic E-state index is 0.278. The van der Waals surface area contributed by atoms with E-state index in [9.17, 15) is 4.79 Å². The largest absolute Gasteiger partial charge is 0.495 e. The van der Waals surface area contributed by atoms with Crippen molar-refractivity contribution in [3.8, 4) is 11.4 Å². The average Bonchev–Trinajstić information content (AvgIpc) is 2.71. The van der Waals surface area contributed by atoms with Crippen LogP contribution in [0.2, 0.25) is 0 Å². The molecule has 2 aromatic rings. The molecule has 0 spiro atoms. The zero-order valence-corrected chi connectivity index (χ0v) is 9.73. The molecule has 1 aromatic carbocycles. The fourth-order valence-electron chi connectivity index (χ4n) is 1.67. The van der Waals surface area contributed by atoms with Gasteiger partial charge in [-0.05, 0) is 19.2 Å². The highest BCUT2D eigenvalue weighted by atomic mass is 16.5. The van der Waals surface area contributed by atoms with Gasteiger partial charge in [-0.2, -0.15) is 5.10 Å². The van der Waals surface area contributed by atoms with Gasteiger partial charge < -0.3 is 10.1 Å². The molecule has 1 aromatic heterocycles. The molecule has 0 aliphatic rings. The molecule has 0 fully saturated rings. The van der Waals surface area contributed by atoms with E-state index in [0.717, 1.165) is 0 Å². The van der Waals surface area contributed by atoms with Crippen LogP contribution in [0.5, 0.6) is 5.75 Å². The van der Waals surface area contributed by atoms with Gasteiger partial charge in [0.1, 0.15) is 5.75 Å². The molecule has 0 unspecified atom stereocenters. The smallest absolute Gasteiger partial charge is 0.348 e. The van der Waals surface area contributed by atoms with Crippen LogP contribution < -0.4 is 15.7 Å². The van der Waals surface area contributed by atoms with Crippen molar-refractivity contribution < 1.29 is 4.74 Å². The summed E-state index contributed by atoms with van der Waals surface area (Å²) in [6.07, 6.45) is 0. The zero-order valence-electron chi connectivity index (χ0n) is 9.73. The van der Waals surface area contributed by atoms with E-state index in [0.29, 0.717) is 23.8 Å². The third kappa shape index (κ3) is 2.07. The summed E-state index contributed by atoms with van der Waals surface area (Å²) >= 11 is 0. The number of ether oxygens (including phenoxy) is 1. The Kier molecular flexibility index (Phi) is 3.24. The second-order valence-corrected chi connectivity index (χ2v) is 3.48. The quantitative estimate of drug-likeness (QED) is 0.797. The van der Waals surface area contributed by atoms with Gasteiger partial charge >= 0.3 is 5.69 Å². The maximum absolute atomic E-state index is 11.7. The third-order valence-electron chi connectivity index (χ3n) is 2.40. The van der Waals surface area contributed by atoms with Gasteiger partial charge in [-0.3, -0.25) is 0 Å². The van der Waals surface area contributed by atoms with Crippen molar-refractivity contribution in [1.29, 1.82) is 0 Å². The minimum atomic E-state index is -0.278. The molecule has 0 aliphatic carbocycles. The summed E-state index contributed by atoms with van der Waals surface area (Å²) in [5.41, 5.74) is 0.402. The molecule has 0 atom stereocenters. The third-order valence-corrected chi connectivity index (χ3v) is 2.40. The SMILES string of the molecule is CNCc1n[nH]c(=O)n1-c1ccccc1OC. The maximum atomic E-state index is 11.7. The van der Waals surface area contributed by atoms with Gasteiger partial charge in [-0.15, -0.1) is 0 Å². The van der Waals surface area contributed by atoms with Gasteiger partial charge in [-0.25, -0.2) is 14.5 Å². The Balaban J connectivity index is 2.59. The van der Waals surface area contributed by atoms with Gasteiger partial charge in [0.25, 0.3) is 0 Å². The van der Waals surface area contributed by atoms with E-state index >= 15 is 0 Å². The summed E-state index contributed by atoms with van der Waals surface area (Å²) in [6, 6.07) is 7.32. The number of para-hydroxylation sites is 2. The zero-order chi connectivity index (χ0) is 12.3. The number of rotatable bonds is 4. The summed E-state index contributed by atoms with van der Waals surface area (Å²) in [6.45, 7) is 0.497. The molecule has 0 amide bonds. The lowest BCUT2D eigenvalue weighted by molar-refractivity contribution is 0.412. The number of nitrogens with zero attached hydrogens (tertiary/aromatic N) is 2. The molecule has 0 bridgehead atoms. The van der Waals surface area contributed by atoms with Crippen LogP contribution in [0.25, 0.3) is 5.69 Å². The molecule has 90 valence electrons. The lowest BCUT2D eigenvalue weighted by atomic mass is 10.3. The van der Waals surface area contributed by atoms with Crippen molar-refractivity contribution >= 4 is 0 Å². The highest BCUT2D eigenvalue weighted by molar-refractivity contribution is 5.46. The van der Waals surface area contributed by atoms with Crippen molar-refractivity contribution in [3.05, 3.63) is 40.6 Å². The topological polar surface area (TPSA) is 71.9 Å². The van der Waals surface area contributed by atoms with E-state index in [-0.39, 0.29) is 5.69 Å². The molecule has 1 heterocycles. The van der Waals surface area contributed by atoms with Crippen LogP contribution in [0, 0.1) is 0 Å². The average molecular weight is 234 g/mol. The fraction of sp³-hybridized carbons (Fsp3) is 0.273. The molecule has 0 aliphatic heterocycles. The van der Waals surface area contributed by atoms with E-state index in [1.165, 1.54) is 4.57 Å². The van der Waals surface area contributed by atoms with E-state index in [1.54, 1.807) is 20.2 Å². The van der Waals surface area contributed by atoms with Crippen LogP contribution in [0.4, 0.5) is 0 Å². The molecule has 2 rings (SSSR count). The standard InChI is InChI=1S/C11H14N4O2/c1-12-7-10-13-14-11(16)15(10)8-5-3-4-6-9(8)17-2/h3-6,12H,7H2,1-2H3,(H,14,16). The summed E-state index contributed by atoms with van der Waals surface area (Å²) in [7, 11) is 3.37. The lowest BCUT2D eigenvalue weighted by Gasteiger charge is -2.09. The predicted molar refractivity (Wildman–Crippen MR) is 63.5 cm³/mol. The molecule has 2 N–H and O–H groups in total. The first-order chi connectivity index (χ1) is 8.27. The van der Waals surface area contributed by atoms with Crippen LogP contribution in [0.1, 0.15) is 5.82 Å². The van der Waals surface area contributed by atoms with Gasteiger partial charge in [0, 0.05) is 0 Å². The Morgan fingerprint density at radius 2 is 2.24 bits per heavy atom. The summed E-state index contributed by atoms with van der Waals surface area (Å²) in [5.74, 6) is 1.25. The number of nitrogens with one attached hydrogen (secondary N) is 2. The van der Waals surface area contributed by atoms with Gasteiger partial charge in [-0.1, -0.05) is 12.1 Å². The van der Waals surface area contributed by atoms with Crippen LogP contribution in [-0.2, 0) is 6.54 Å². The van der Waals surface area contributed by atoms with E-state index in [2.05, 4.69) is 15.5 Å². The monoisotopic (exact) mass is 234 g/mol. The van der Waals surface area contributed by atoms with Crippen LogP contribution in [0.15, 0.2) is 29.1 Å². The van der Waals surface area contributed by atoms with Gasteiger partial charge in [0.2, 0.25) is 0 Å². The van der Waals surface area contributed by atoms with Gasteiger partial charge in [0.15, 0.2) is 5.82 Å². The molecule has 17 heavy (non-hydrogen) atoms. The summed E-state index contributed by atoms with van der Waals surface area (Å²) < 4.78 is 6.73. The molecule has 0 saturated carbocycles. The molecular weight excluding hydrogens is 220 g/mol. The van der Waals surface area contributed by atoms with Crippen molar-refractivity contribution in [2.45, 2.75) is 6.54 Å². The van der Waals surface area contributed by atoms with Crippen LogP contribution in [-0.4, -0.2) is 28.9 Å². The van der Waals surface area contributed by atoms with E-state index < -0.39 is 0 Å². The molecule has 0 saturated heterocycles. The minimum Gasteiger partial charge on any atom is -0.495 e. The molecule has 6 heteroatoms. The van der Waals surface area contributed by atoms with Crippen molar-refractivity contribution in [1.82, 2.24) is 20.1 Å². The van der Waals surface area contributed by atoms with E-state index in [4.69, 9.17) is 4.74 Å². The number of methoxy groups -OCH3 is 1. The highest BCUT2D eigenvalue weighted by Gasteiger charge is 2.12. The summed E-state index contributed by atoms with van der Waals surface area (Å²) in [5, 5.41) is 9.36. The fourth-order valence-corrected chi connectivity index (χ4v) is 1.67. The number of hydrogen-bond donors (Lipinski definition) is 2. The first-order valence-electron chi connectivity index (χ1n) is 5.22. The number of H-pyrrole nitrogens is 1. The Morgan fingerprint density at radius 3 is 2.94 bits per heavy atom. The number of aromatic amines is 1. The number of hydrogen-bond acceptors (Lipinski definition) is 4. The molecule has 6 nitrogen and oxygen atoms in total. The molecular formula is C11H14N4O2. The van der Waals surface area contributed by atoms with Crippen molar-refractivity contribution in [2.24, 2.45) is 0 Å². The Morgan fingerprint density at radius 1 is 1.47 bits per heavy atom. The maximum Gasteiger partial charge on any atom is 0.348 e. The Labute approximate surface area is 98.2 Å². The van der Waals surface area contributed by atoms with Gasteiger partial charge in [0.05, 0.1) is 19.3 Å².